The van der Waals surface area contributed by atoms with Crippen molar-refractivity contribution in [2.24, 2.45) is 0 Å². The normalized spacial score (nSPS) is 13.8. The van der Waals surface area contributed by atoms with Crippen LogP contribution in [0.4, 0.5) is 0 Å². The minimum atomic E-state index is -0.229. The van der Waals surface area contributed by atoms with E-state index in [1.54, 1.807) is 0 Å². The minimum absolute atomic E-state index is 0.229. The molecule has 0 aromatic carbocycles. The first kappa shape index (κ1) is 9.26. The Bertz CT molecular complexity index is 151. The van der Waals surface area contributed by atoms with Gasteiger partial charge in [0.2, 0.25) is 0 Å². The quantitative estimate of drug-likeness (QED) is 0.460. The predicted octanol–water partition coefficient (Wildman–Crippen LogP) is 1.56. The molecule has 0 spiro atoms. The molecule has 0 fully saturated rings. The highest BCUT2D eigenvalue weighted by molar-refractivity contribution is 5.09. The summed E-state index contributed by atoms with van der Waals surface area (Å²) in [5.74, 6) is 2.65. The van der Waals surface area contributed by atoms with Crippen LogP contribution in [0.25, 0.3) is 0 Å². The lowest BCUT2D eigenvalue weighted by Gasteiger charge is -2.22. The van der Waals surface area contributed by atoms with Gasteiger partial charge < -0.3 is 0 Å². The molecule has 0 aliphatic carbocycles. The molecule has 0 radical (unpaired) electrons. The van der Waals surface area contributed by atoms with Gasteiger partial charge in [-0.1, -0.05) is 12.0 Å². The van der Waals surface area contributed by atoms with Crippen LogP contribution in [0.5, 0.6) is 0 Å². The van der Waals surface area contributed by atoms with Crippen LogP contribution in [0, 0.1) is 12.3 Å². The number of rotatable bonds is 3. The average molecular weight is 137 g/mol. The first-order valence-corrected chi connectivity index (χ1v) is 3.40. The van der Waals surface area contributed by atoms with Crippen LogP contribution in [0.15, 0.2) is 12.7 Å². The summed E-state index contributed by atoms with van der Waals surface area (Å²) in [5, 5.41) is 3.20. The summed E-state index contributed by atoms with van der Waals surface area (Å²) in [6.45, 7) is 9.60. The Morgan fingerprint density at radius 3 is 2.50 bits per heavy atom. The fourth-order valence-electron chi connectivity index (χ4n) is 0.670. The van der Waals surface area contributed by atoms with Crippen LogP contribution >= 0.6 is 0 Å². The van der Waals surface area contributed by atoms with E-state index in [-0.39, 0.29) is 11.6 Å². The Hall–Kier alpha value is -0.740. The number of hydrogen-bond acceptors (Lipinski definition) is 1. The molecule has 0 aliphatic heterocycles. The minimum Gasteiger partial charge on any atom is -0.296 e. The summed E-state index contributed by atoms with van der Waals surface area (Å²) < 4.78 is 0. The molecule has 1 heteroatoms. The second-order valence-electron chi connectivity index (χ2n) is 2.94. The molecular formula is C9H15N. The maximum absolute atomic E-state index is 5.26. The molecule has 0 saturated heterocycles. The van der Waals surface area contributed by atoms with Crippen LogP contribution < -0.4 is 5.32 Å². The second kappa shape index (κ2) is 3.43. The highest BCUT2D eigenvalue weighted by atomic mass is 15.0. The zero-order valence-electron chi connectivity index (χ0n) is 6.94. The summed E-state index contributed by atoms with van der Waals surface area (Å²) in [4.78, 5) is 0. The lowest BCUT2D eigenvalue weighted by atomic mass is 10.1. The molecule has 1 unspecified atom stereocenters. The van der Waals surface area contributed by atoms with Crippen molar-refractivity contribution in [1.29, 1.82) is 0 Å². The van der Waals surface area contributed by atoms with E-state index in [0.29, 0.717) is 0 Å². The van der Waals surface area contributed by atoms with Gasteiger partial charge in [-0.25, -0.2) is 0 Å². The highest BCUT2D eigenvalue weighted by Crippen LogP contribution is 2.00. The van der Waals surface area contributed by atoms with Crippen molar-refractivity contribution in [2.75, 3.05) is 0 Å². The Morgan fingerprint density at radius 1 is 1.70 bits per heavy atom. The molecule has 1 N–H and O–H groups in total. The molecular weight excluding hydrogens is 122 g/mol. The molecule has 0 amide bonds. The molecule has 0 aliphatic rings. The molecule has 0 rings (SSSR count). The third kappa shape index (κ3) is 3.32. The smallest absolute Gasteiger partial charge is 0.0745 e. The Morgan fingerprint density at radius 2 is 2.20 bits per heavy atom. The third-order valence-electron chi connectivity index (χ3n) is 1.30. The molecule has 10 heavy (non-hydrogen) atoms. The van der Waals surface area contributed by atoms with Crippen molar-refractivity contribution < 1.29 is 0 Å². The van der Waals surface area contributed by atoms with E-state index >= 15 is 0 Å². The van der Waals surface area contributed by atoms with Crippen molar-refractivity contribution in [3.8, 4) is 12.3 Å². The van der Waals surface area contributed by atoms with E-state index in [4.69, 9.17) is 6.42 Å². The molecule has 0 aromatic heterocycles. The molecule has 0 aromatic rings. The second-order valence-corrected chi connectivity index (χ2v) is 2.94. The van der Waals surface area contributed by atoms with Gasteiger partial charge in [0.1, 0.15) is 0 Å². The lowest BCUT2D eigenvalue weighted by Crippen LogP contribution is -2.42. The largest absolute Gasteiger partial charge is 0.296 e. The fraction of sp³-hybridized carbons (Fsp3) is 0.556. The highest BCUT2D eigenvalue weighted by Gasteiger charge is 2.13. The van der Waals surface area contributed by atoms with Crippen molar-refractivity contribution in [3.63, 3.8) is 0 Å². The monoisotopic (exact) mass is 137 g/mol. The van der Waals surface area contributed by atoms with E-state index in [1.165, 1.54) is 0 Å². The standard InChI is InChI=1S/C9H15N/c1-6-8(3)10-9(4,5)7-2/h2,6,8,10H,1H2,3-5H3. The van der Waals surface area contributed by atoms with Gasteiger partial charge in [0.25, 0.3) is 0 Å². The average Bonchev–Trinajstić information content (AvgIpc) is 1.87. The predicted molar refractivity (Wildman–Crippen MR) is 45.7 cm³/mol. The zero-order chi connectivity index (χ0) is 8.20. The Kier molecular flexibility index (Phi) is 3.18. The maximum Gasteiger partial charge on any atom is 0.0745 e. The lowest BCUT2D eigenvalue weighted by molar-refractivity contribution is 0.464. The summed E-state index contributed by atoms with van der Waals surface area (Å²) in [7, 11) is 0. The maximum atomic E-state index is 5.26. The van der Waals surface area contributed by atoms with Gasteiger partial charge >= 0.3 is 0 Å². The van der Waals surface area contributed by atoms with E-state index in [9.17, 15) is 0 Å². The van der Waals surface area contributed by atoms with Gasteiger partial charge in [0.05, 0.1) is 5.54 Å². The molecule has 0 bridgehead atoms. The molecule has 1 nitrogen and oxygen atoms in total. The Balaban J connectivity index is 3.91. The van der Waals surface area contributed by atoms with Gasteiger partial charge in [-0.15, -0.1) is 13.0 Å². The van der Waals surface area contributed by atoms with Crippen molar-refractivity contribution >= 4 is 0 Å². The molecule has 0 heterocycles. The first-order valence-electron chi connectivity index (χ1n) is 3.40. The summed E-state index contributed by atoms with van der Waals surface area (Å²) in [5.41, 5.74) is -0.229. The van der Waals surface area contributed by atoms with Crippen LogP contribution in [0.2, 0.25) is 0 Å². The van der Waals surface area contributed by atoms with Crippen LogP contribution in [0.3, 0.4) is 0 Å². The summed E-state index contributed by atoms with van der Waals surface area (Å²) in [6.07, 6.45) is 7.09. The van der Waals surface area contributed by atoms with Crippen LogP contribution in [-0.2, 0) is 0 Å². The van der Waals surface area contributed by atoms with Crippen molar-refractivity contribution in [2.45, 2.75) is 32.4 Å². The van der Waals surface area contributed by atoms with Crippen LogP contribution in [0.1, 0.15) is 20.8 Å². The zero-order valence-corrected chi connectivity index (χ0v) is 6.94. The summed E-state index contributed by atoms with van der Waals surface area (Å²) >= 11 is 0. The molecule has 1 atom stereocenters. The third-order valence-corrected chi connectivity index (χ3v) is 1.30. The topological polar surface area (TPSA) is 12.0 Å². The van der Waals surface area contributed by atoms with E-state index in [1.807, 2.05) is 26.8 Å². The Labute approximate surface area is 63.5 Å². The summed E-state index contributed by atoms with van der Waals surface area (Å²) in [6, 6.07) is 0.269. The molecule has 0 saturated carbocycles. The molecule has 56 valence electrons. The van der Waals surface area contributed by atoms with E-state index in [0.717, 1.165) is 0 Å². The van der Waals surface area contributed by atoms with Gasteiger partial charge in [-0.05, 0) is 20.8 Å². The van der Waals surface area contributed by atoms with Gasteiger partial charge in [-0.2, -0.15) is 0 Å². The van der Waals surface area contributed by atoms with Crippen molar-refractivity contribution in [3.05, 3.63) is 12.7 Å². The van der Waals surface area contributed by atoms with Gasteiger partial charge in [-0.3, -0.25) is 5.32 Å². The SMILES string of the molecule is C#CC(C)(C)NC(C)C=C. The number of hydrogen-bond donors (Lipinski definition) is 1. The van der Waals surface area contributed by atoms with Crippen molar-refractivity contribution in [1.82, 2.24) is 5.32 Å². The number of terminal acetylenes is 1. The van der Waals surface area contributed by atoms with Crippen LogP contribution in [-0.4, -0.2) is 11.6 Å². The van der Waals surface area contributed by atoms with Gasteiger partial charge in [0.15, 0.2) is 0 Å². The van der Waals surface area contributed by atoms with E-state index in [2.05, 4.69) is 17.8 Å². The number of nitrogens with one attached hydrogen (secondary N) is 1. The first-order chi connectivity index (χ1) is 4.52. The van der Waals surface area contributed by atoms with E-state index < -0.39 is 0 Å². The van der Waals surface area contributed by atoms with Gasteiger partial charge in [0, 0.05) is 6.04 Å². The fourth-order valence-corrected chi connectivity index (χ4v) is 0.670.